The van der Waals surface area contributed by atoms with Crippen LogP contribution in [0.3, 0.4) is 0 Å². The highest BCUT2D eigenvalue weighted by Gasteiger charge is 2.31. The number of aliphatic hydroxyl groups excluding tert-OH is 1. The van der Waals surface area contributed by atoms with Crippen molar-refractivity contribution in [3.8, 4) is 0 Å². The molecule has 0 aliphatic carbocycles. The molecule has 2 aliphatic rings. The third-order valence-corrected chi connectivity index (χ3v) is 4.19. The molecule has 0 radical (unpaired) electrons. The summed E-state index contributed by atoms with van der Waals surface area (Å²) in [5, 5.41) is 11.9. The van der Waals surface area contributed by atoms with Gasteiger partial charge in [0.05, 0.1) is 13.2 Å². The normalized spacial score (nSPS) is 17.8. The van der Waals surface area contributed by atoms with Crippen molar-refractivity contribution in [1.29, 1.82) is 0 Å². The number of aryl methyl sites for hydroxylation is 1. The topological polar surface area (TPSA) is 90.0 Å². The first-order valence-electron chi connectivity index (χ1n) is 7.87. The molecular formula is C17H19N3O4. The molecule has 0 bridgehead atoms. The molecule has 1 aromatic carbocycles. The lowest BCUT2D eigenvalue weighted by molar-refractivity contribution is -0.137. The molecule has 0 aromatic heterocycles. The van der Waals surface area contributed by atoms with Gasteiger partial charge in [0.2, 0.25) is 5.91 Å². The Morgan fingerprint density at radius 2 is 2.04 bits per heavy atom. The number of benzene rings is 1. The summed E-state index contributed by atoms with van der Waals surface area (Å²) in [4.78, 5) is 38.6. The molecule has 0 atom stereocenters. The Morgan fingerprint density at radius 1 is 1.25 bits per heavy atom. The number of carbonyl (C=O) groups is 3. The molecule has 3 rings (SSSR count). The van der Waals surface area contributed by atoms with Crippen molar-refractivity contribution in [3.05, 3.63) is 35.5 Å². The van der Waals surface area contributed by atoms with Gasteiger partial charge in [-0.25, -0.2) is 0 Å². The standard InChI is InChI=1S/C17H19N3O4/c1-11-4-5-12(9-14(11)19-6-2-3-15(19)22)18-13-10-16(23)20(7-8-21)17(13)24/h4-5,9-10,18,21H,2-3,6-8H2,1H3. The highest BCUT2D eigenvalue weighted by Crippen LogP contribution is 2.29. The van der Waals surface area contributed by atoms with E-state index in [1.54, 1.807) is 11.0 Å². The maximum Gasteiger partial charge on any atom is 0.277 e. The van der Waals surface area contributed by atoms with E-state index >= 15 is 0 Å². The summed E-state index contributed by atoms with van der Waals surface area (Å²) in [5.41, 5.74) is 2.58. The maximum absolute atomic E-state index is 12.2. The lowest BCUT2D eigenvalue weighted by Crippen LogP contribution is -2.34. The molecule has 1 saturated heterocycles. The maximum atomic E-state index is 12.2. The van der Waals surface area contributed by atoms with Gasteiger partial charge in [0, 0.05) is 30.4 Å². The average molecular weight is 329 g/mol. The second-order valence-corrected chi connectivity index (χ2v) is 5.85. The first kappa shape index (κ1) is 16.2. The number of β-amino-alcohol motifs (C(OH)–C–C–N with tert-alkyl or cyclic N) is 1. The van der Waals surface area contributed by atoms with Crippen molar-refractivity contribution >= 4 is 29.1 Å². The van der Waals surface area contributed by atoms with Gasteiger partial charge in [-0.1, -0.05) is 6.07 Å². The Morgan fingerprint density at radius 3 is 2.71 bits per heavy atom. The predicted molar refractivity (Wildman–Crippen MR) is 88.3 cm³/mol. The molecule has 2 heterocycles. The van der Waals surface area contributed by atoms with Crippen LogP contribution in [0.15, 0.2) is 30.0 Å². The first-order chi connectivity index (χ1) is 11.5. The van der Waals surface area contributed by atoms with Crippen molar-refractivity contribution < 1.29 is 19.5 Å². The number of amides is 3. The summed E-state index contributed by atoms with van der Waals surface area (Å²) in [6.45, 7) is 2.32. The van der Waals surface area contributed by atoms with E-state index in [0.717, 1.165) is 22.6 Å². The zero-order chi connectivity index (χ0) is 17.3. The number of rotatable bonds is 5. The molecular weight excluding hydrogens is 310 g/mol. The Labute approximate surface area is 139 Å². The van der Waals surface area contributed by atoms with Crippen LogP contribution in [0.4, 0.5) is 11.4 Å². The fraction of sp³-hybridized carbons (Fsp3) is 0.353. The minimum atomic E-state index is -0.464. The fourth-order valence-electron chi connectivity index (χ4n) is 2.95. The highest BCUT2D eigenvalue weighted by molar-refractivity contribution is 6.17. The van der Waals surface area contributed by atoms with E-state index in [1.807, 2.05) is 19.1 Å². The van der Waals surface area contributed by atoms with E-state index < -0.39 is 11.8 Å². The van der Waals surface area contributed by atoms with Crippen molar-refractivity contribution in [2.45, 2.75) is 19.8 Å². The minimum Gasteiger partial charge on any atom is -0.395 e. The molecule has 126 valence electrons. The molecule has 0 saturated carbocycles. The highest BCUT2D eigenvalue weighted by atomic mass is 16.3. The van der Waals surface area contributed by atoms with Crippen molar-refractivity contribution in [2.75, 3.05) is 29.9 Å². The van der Waals surface area contributed by atoms with Gasteiger partial charge in [0.15, 0.2) is 0 Å². The van der Waals surface area contributed by atoms with Crippen LogP contribution >= 0.6 is 0 Å². The van der Waals surface area contributed by atoms with Crippen LogP contribution in [-0.4, -0.2) is 47.4 Å². The van der Waals surface area contributed by atoms with Gasteiger partial charge < -0.3 is 15.3 Å². The molecule has 2 N–H and O–H groups in total. The SMILES string of the molecule is Cc1ccc(NC2=CC(=O)N(CCO)C2=O)cc1N1CCCC1=O. The van der Waals surface area contributed by atoms with Gasteiger partial charge in [0.25, 0.3) is 11.8 Å². The average Bonchev–Trinajstić information content (AvgIpc) is 3.08. The third kappa shape index (κ3) is 2.90. The monoisotopic (exact) mass is 329 g/mol. The van der Waals surface area contributed by atoms with Crippen molar-refractivity contribution in [2.24, 2.45) is 0 Å². The van der Waals surface area contributed by atoms with Crippen LogP contribution in [0.5, 0.6) is 0 Å². The van der Waals surface area contributed by atoms with Crippen LogP contribution in [0.1, 0.15) is 18.4 Å². The third-order valence-electron chi connectivity index (χ3n) is 4.19. The zero-order valence-electron chi connectivity index (χ0n) is 13.4. The Balaban J connectivity index is 1.81. The summed E-state index contributed by atoms with van der Waals surface area (Å²) >= 11 is 0. The summed E-state index contributed by atoms with van der Waals surface area (Å²) in [5.74, 6) is -0.817. The molecule has 3 amide bonds. The number of hydrogen-bond donors (Lipinski definition) is 2. The summed E-state index contributed by atoms with van der Waals surface area (Å²) in [6, 6.07) is 5.48. The largest absolute Gasteiger partial charge is 0.395 e. The summed E-state index contributed by atoms with van der Waals surface area (Å²) in [6.07, 6.45) is 2.61. The number of nitrogens with zero attached hydrogens (tertiary/aromatic N) is 2. The predicted octanol–water partition coefficient (Wildman–Crippen LogP) is 0.779. The van der Waals surface area contributed by atoms with Crippen LogP contribution in [0.25, 0.3) is 0 Å². The van der Waals surface area contributed by atoms with E-state index in [0.29, 0.717) is 18.7 Å². The number of hydrogen-bond acceptors (Lipinski definition) is 5. The van der Waals surface area contributed by atoms with Gasteiger partial charge in [-0.05, 0) is 31.0 Å². The molecule has 0 unspecified atom stereocenters. The van der Waals surface area contributed by atoms with Crippen molar-refractivity contribution in [1.82, 2.24) is 4.90 Å². The number of aliphatic hydroxyl groups is 1. The smallest absolute Gasteiger partial charge is 0.277 e. The van der Waals surface area contributed by atoms with Crippen molar-refractivity contribution in [3.63, 3.8) is 0 Å². The van der Waals surface area contributed by atoms with E-state index in [9.17, 15) is 14.4 Å². The first-order valence-corrected chi connectivity index (χ1v) is 7.87. The number of carbonyl (C=O) groups excluding carboxylic acids is 3. The van der Waals surface area contributed by atoms with E-state index in [-0.39, 0.29) is 24.8 Å². The molecule has 1 aromatic rings. The quantitative estimate of drug-likeness (QED) is 0.779. The van der Waals surface area contributed by atoms with Gasteiger partial charge >= 0.3 is 0 Å². The Kier molecular flexibility index (Phi) is 4.35. The van der Waals surface area contributed by atoms with Gasteiger partial charge in [-0.2, -0.15) is 0 Å². The summed E-state index contributed by atoms with van der Waals surface area (Å²) < 4.78 is 0. The molecule has 7 nitrogen and oxygen atoms in total. The molecule has 1 fully saturated rings. The van der Waals surface area contributed by atoms with Crippen LogP contribution in [-0.2, 0) is 14.4 Å². The Hall–Kier alpha value is -2.67. The lowest BCUT2D eigenvalue weighted by Gasteiger charge is -2.20. The second-order valence-electron chi connectivity index (χ2n) is 5.85. The van der Waals surface area contributed by atoms with Crippen LogP contribution in [0, 0.1) is 6.92 Å². The lowest BCUT2D eigenvalue weighted by atomic mass is 10.1. The number of imide groups is 1. The van der Waals surface area contributed by atoms with E-state index in [1.165, 1.54) is 6.08 Å². The minimum absolute atomic E-state index is 0.0270. The van der Waals surface area contributed by atoms with E-state index in [2.05, 4.69) is 5.32 Å². The number of nitrogens with one attached hydrogen (secondary N) is 1. The van der Waals surface area contributed by atoms with Crippen LogP contribution in [0.2, 0.25) is 0 Å². The van der Waals surface area contributed by atoms with Gasteiger partial charge in [-0.3, -0.25) is 19.3 Å². The van der Waals surface area contributed by atoms with Crippen LogP contribution < -0.4 is 10.2 Å². The van der Waals surface area contributed by atoms with E-state index in [4.69, 9.17) is 5.11 Å². The number of anilines is 2. The molecule has 24 heavy (non-hydrogen) atoms. The van der Waals surface area contributed by atoms with Gasteiger partial charge in [0.1, 0.15) is 5.70 Å². The zero-order valence-corrected chi connectivity index (χ0v) is 13.4. The molecule has 0 spiro atoms. The molecule has 2 aliphatic heterocycles. The second kappa shape index (κ2) is 6.45. The summed E-state index contributed by atoms with van der Waals surface area (Å²) in [7, 11) is 0. The van der Waals surface area contributed by atoms with Gasteiger partial charge in [-0.15, -0.1) is 0 Å². The molecule has 7 heteroatoms. The fourth-order valence-corrected chi connectivity index (χ4v) is 2.95. The Bertz CT molecular complexity index is 741.